The maximum Gasteiger partial charge on any atom is 0.337 e. The molecule has 0 saturated carbocycles. The number of rotatable bonds is 4. The van der Waals surface area contributed by atoms with Gasteiger partial charge in [-0.15, -0.1) is 0 Å². The molecule has 0 unspecified atom stereocenters. The van der Waals surface area contributed by atoms with Crippen molar-refractivity contribution in [1.82, 2.24) is 14.8 Å². The Labute approximate surface area is 152 Å². The molecule has 2 aromatic rings. The van der Waals surface area contributed by atoms with Crippen LogP contribution in [0.4, 0.5) is 0 Å². The summed E-state index contributed by atoms with van der Waals surface area (Å²) < 4.78 is 10.5. The Morgan fingerprint density at radius 1 is 1.15 bits per heavy atom. The van der Waals surface area contributed by atoms with Gasteiger partial charge in [-0.1, -0.05) is 0 Å². The van der Waals surface area contributed by atoms with Gasteiger partial charge in [0.25, 0.3) is 0 Å². The Morgan fingerprint density at radius 3 is 2.38 bits per heavy atom. The van der Waals surface area contributed by atoms with Crippen molar-refractivity contribution in [1.29, 1.82) is 0 Å². The van der Waals surface area contributed by atoms with E-state index in [0.29, 0.717) is 18.0 Å². The second-order valence-electron chi connectivity index (χ2n) is 6.37. The zero-order valence-electron chi connectivity index (χ0n) is 15.3. The number of benzene rings is 1. The first-order valence-electron chi connectivity index (χ1n) is 8.61. The molecule has 0 atom stereocenters. The minimum atomic E-state index is -0.370. The molecule has 138 valence electrons. The standard InChI is InChI=1S/C19H23N3O4/c1-13-17(12-21-8-10-22(11-9-21)14(2)23)20-18(26-13)15-4-6-16(7-5-15)19(24)25-3/h4-7H,8-12H2,1-3H3. The smallest absolute Gasteiger partial charge is 0.337 e. The summed E-state index contributed by atoms with van der Waals surface area (Å²) in [6.45, 7) is 7.35. The zero-order valence-corrected chi connectivity index (χ0v) is 15.3. The molecule has 0 aliphatic carbocycles. The Kier molecular flexibility index (Phi) is 5.37. The van der Waals surface area contributed by atoms with Crippen LogP contribution in [0, 0.1) is 6.92 Å². The van der Waals surface area contributed by atoms with Crippen LogP contribution >= 0.6 is 0 Å². The SMILES string of the molecule is COC(=O)c1ccc(-c2nc(CN3CCN(C(C)=O)CC3)c(C)o2)cc1. The summed E-state index contributed by atoms with van der Waals surface area (Å²) in [6.07, 6.45) is 0. The molecule has 1 aliphatic rings. The normalized spacial score (nSPS) is 15.1. The molecule has 0 radical (unpaired) electrons. The van der Waals surface area contributed by atoms with Crippen LogP contribution in [0.3, 0.4) is 0 Å². The van der Waals surface area contributed by atoms with Gasteiger partial charge >= 0.3 is 5.97 Å². The van der Waals surface area contributed by atoms with Gasteiger partial charge in [-0.3, -0.25) is 9.69 Å². The van der Waals surface area contributed by atoms with Gasteiger partial charge < -0.3 is 14.1 Å². The molecule has 1 aromatic carbocycles. The Morgan fingerprint density at radius 2 is 1.81 bits per heavy atom. The second-order valence-corrected chi connectivity index (χ2v) is 6.37. The monoisotopic (exact) mass is 357 g/mol. The fourth-order valence-electron chi connectivity index (χ4n) is 3.00. The highest BCUT2D eigenvalue weighted by Crippen LogP contribution is 2.23. The number of ether oxygens (including phenoxy) is 1. The van der Waals surface area contributed by atoms with Crippen molar-refractivity contribution < 1.29 is 18.7 Å². The number of methoxy groups -OCH3 is 1. The first-order valence-corrected chi connectivity index (χ1v) is 8.61. The summed E-state index contributed by atoms with van der Waals surface area (Å²) in [5, 5.41) is 0. The van der Waals surface area contributed by atoms with E-state index in [-0.39, 0.29) is 11.9 Å². The molecule has 0 N–H and O–H groups in total. The molecule has 1 amide bonds. The van der Waals surface area contributed by atoms with E-state index in [2.05, 4.69) is 9.88 Å². The predicted octanol–water partition coefficient (Wildman–Crippen LogP) is 2.10. The van der Waals surface area contributed by atoms with Crippen LogP contribution in [-0.4, -0.2) is 59.9 Å². The maximum atomic E-state index is 11.5. The number of carbonyl (C=O) groups excluding carboxylic acids is 2. The third kappa shape index (κ3) is 3.94. The Balaban J connectivity index is 1.68. The summed E-state index contributed by atoms with van der Waals surface area (Å²) in [7, 11) is 1.36. The summed E-state index contributed by atoms with van der Waals surface area (Å²) >= 11 is 0. The highest BCUT2D eigenvalue weighted by Gasteiger charge is 2.21. The number of piperazine rings is 1. The van der Waals surface area contributed by atoms with Crippen molar-refractivity contribution in [3.63, 3.8) is 0 Å². The Hall–Kier alpha value is -2.67. The molecule has 2 heterocycles. The average molecular weight is 357 g/mol. The van der Waals surface area contributed by atoms with Gasteiger partial charge in [-0.2, -0.15) is 0 Å². The number of nitrogens with zero attached hydrogens (tertiary/aromatic N) is 3. The summed E-state index contributed by atoms with van der Waals surface area (Å²) in [6, 6.07) is 6.99. The Bertz CT molecular complexity index is 790. The lowest BCUT2D eigenvalue weighted by Crippen LogP contribution is -2.47. The van der Waals surface area contributed by atoms with Gasteiger partial charge in [0.1, 0.15) is 5.76 Å². The van der Waals surface area contributed by atoms with Gasteiger partial charge in [0.05, 0.1) is 18.4 Å². The van der Waals surface area contributed by atoms with Crippen LogP contribution in [-0.2, 0) is 16.1 Å². The average Bonchev–Trinajstić information content (AvgIpc) is 3.02. The number of esters is 1. The first kappa shape index (κ1) is 18.1. The van der Waals surface area contributed by atoms with E-state index in [1.54, 1.807) is 31.2 Å². The van der Waals surface area contributed by atoms with Crippen molar-refractivity contribution >= 4 is 11.9 Å². The van der Waals surface area contributed by atoms with Crippen molar-refractivity contribution in [2.75, 3.05) is 33.3 Å². The number of aryl methyl sites for hydroxylation is 1. The number of amides is 1. The lowest BCUT2D eigenvalue weighted by atomic mass is 10.1. The maximum absolute atomic E-state index is 11.5. The summed E-state index contributed by atoms with van der Waals surface area (Å²) in [4.78, 5) is 31.7. The van der Waals surface area contributed by atoms with E-state index in [1.165, 1.54) is 7.11 Å². The van der Waals surface area contributed by atoms with Crippen LogP contribution in [0.5, 0.6) is 0 Å². The number of oxazole rings is 1. The molecule has 26 heavy (non-hydrogen) atoms. The minimum absolute atomic E-state index is 0.125. The minimum Gasteiger partial charge on any atom is -0.465 e. The lowest BCUT2D eigenvalue weighted by molar-refractivity contribution is -0.130. The molecular formula is C19H23N3O4. The van der Waals surface area contributed by atoms with Crippen molar-refractivity contribution in [3.05, 3.63) is 41.3 Å². The fraction of sp³-hybridized carbons (Fsp3) is 0.421. The predicted molar refractivity (Wildman–Crippen MR) is 95.5 cm³/mol. The van der Waals surface area contributed by atoms with Crippen molar-refractivity contribution in [3.8, 4) is 11.5 Å². The lowest BCUT2D eigenvalue weighted by Gasteiger charge is -2.33. The number of carbonyl (C=O) groups is 2. The van der Waals surface area contributed by atoms with E-state index in [0.717, 1.165) is 43.2 Å². The van der Waals surface area contributed by atoms with E-state index in [9.17, 15) is 9.59 Å². The molecule has 3 rings (SSSR count). The highest BCUT2D eigenvalue weighted by atomic mass is 16.5. The molecule has 0 spiro atoms. The molecule has 0 bridgehead atoms. The molecule has 1 aliphatic heterocycles. The van der Waals surface area contributed by atoms with Crippen LogP contribution in [0.2, 0.25) is 0 Å². The third-order valence-electron chi connectivity index (χ3n) is 4.64. The summed E-state index contributed by atoms with van der Waals surface area (Å²) in [5.41, 5.74) is 2.20. The van der Waals surface area contributed by atoms with Gasteiger partial charge in [-0.25, -0.2) is 9.78 Å². The highest BCUT2D eigenvalue weighted by molar-refractivity contribution is 5.89. The molecular weight excluding hydrogens is 334 g/mol. The zero-order chi connectivity index (χ0) is 18.7. The van der Waals surface area contributed by atoms with E-state index >= 15 is 0 Å². The second kappa shape index (κ2) is 7.70. The number of hydrogen-bond donors (Lipinski definition) is 0. The number of hydrogen-bond acceptors (Lipinski definition) is 6. The largest absolute Gasteiger partial charge is 0.465 e. The third-order valence-corrected chi connectivity index (χ3v) is 4.64. The molecule has 7 heteroatoms. The van der Waals surface area contributed by atoms with Crippen LogP contribution in [0.25, 0.3) is 11.5 Å². The van der Waals surface area contributed by atoms with Crippen molar-refractivity contribution in [2.45, 2.75) is 20.4 Å². The van der Waals surface area contributed by atoms with Crippen LogP contribution < -0.4 is 0 Å². The topological polar surface area (TPSA) is 75.9 Å². The molecule has 1 aromatic heterocycles. The van der Waals surface area contributed by atoms with E-state index < -0.39 is 0 Å². The van der Waals surface area contributed by atoms with Gasteiger partial charge in [0.15, 0.2) is 0 Å². The van der Waals surface area contributed by atoms with Crippen LogP contribution in [0.1, 0.15) is 28.7 Å². The van der Waals surface area contributed by atoms with Gasteiger partial charge in [0, 0.05) is 45.2 Å². The first-order chi connectivity index (χ1) is 12.5. The molecule has 1 fully saturated rings. The molecule has 7 nitrogen and oxygen atoms in total. The summed E-state index contributed by atoms with van der Waals surface area (Å²) in [5.74, 6) is 1.08. The van der Waals surface area contributed by atoms with E-state index in [1.807, 2.05) is 11.8 Å². The quantitative estimate of drug-likeness (QED) is 0.780. The van der Waals surface area contributed by atoms with Gasteiger partial charge in [0.2, 0.25) is 11.8 Å². The van der Waals surface area contributed by atoms with Crippen molar-refractivity contribution in [2.24, 2.45) is 0 Å². The number of aromatic nitrogens is 1. The van der Waals surface area contributed by atoms with Crippen LogP contribution in [0.15, 0.2) is 28.7 Å². The van der Waals surface area contributed by atoms with E-state index in [4.69, 9.17) is 9.15 Å². The fourth-order valence-corrected chi connectivity index (χ4v) is 3.00. The van der Waals surface area contributed by atoms with Gasteiger partial charge in [-0.05, 0) is 31.2 Å². The molecule has 1 saturated heterocycles.